The average molecular weight is 226 g/mol. The van der Waals surface area contributed by atoms with Crippen molar-refractivity contribution in [1.29, 1.82) is 0 Å². The van der Waals surface area contributed by atoms with Gasteiger partial charge in [0, 0.05) is 12.6 Å². The molecule has 0 aliphatic heterocycles. The zero-order valence-corrected chi connectivity index (χ0v) is 10.8. The molecule has 1 aliphatic rings. The van der Waals surface area contributed by atoms with Gasteiger partial charge in [-0.1, -0.05) is 13.0 Å². The second kappa shape index (κ2) is 7.05. The Bertz CT molecular complexity index is 208. The number of aliphatic hydroxyl groups is 1. The number of likely N-dealkylation sites (N-methyl/N-ethyl adjacent to an activating group) is 1. The molecule has 0 aromatic rings. The first-order chi connectivity index (χ1) is 7.58. The monoisotopic (exact) mass is 226 g/mol. The lowest BCUT2D eigenvalue weighted by molar-refractivity contribution is 0.148. The van der Waals surface area contributed by atoms with Crippen molar-refractivity contribution in [2.75, 3.05) is 20.6 Å². The first kappa shape index (κ1) is 13.7. The maximum Gasteiger partial charge on any atom is 0.124 e. The summed E-state index contributed by atoms with van der Waals surface area (Å²) < 4.78 is 0. The SMILES string of the molecule is CC1CCC(NC(O)/C=C/CN(C)C)CC1. The molecule has 0 bridgehead atoms. The van der Waals surface area contributed by atoms with Crippen LogP contribution >= 0.6 is 0 Å². The number of hydrogen-bond donors (Lipinski definition) is 2. The normalized spacial score (nSPS) is 28.8. The van der Waals surface area contributed by atoms with E-state index in [1.807, 2.05) is 26.2 Å². The Morgan fingerprint density at radius 2 is 1.94 bits per heavy atom. The molecule has 3 nitrogen and oxygen atoms in total. The van der Waals surface area contributed by atoms with Gasteiger partial charge in [0.05, 0.1) is 0 Å². The van der Waals surface area contributed by atoms with Crippen LogP contribution < -0.4 is 5.32 Å². The predicted molar refractivity (Wildman–Crippen MR) is 68.3 cm³/mol. The van der Waals surface area contributed by atoms with Gasteiger partial charge in [-0.3, -0.25) is 5.32 Å². The Morgan fingerprint density at radius 1 is 1.31 bits per heavy atom. The number of rotatable bonds is 5. The second-order valence-electron chi connectivity index (χ2n) is 5.26. The molecule has 1 fully saturated rings. The molecule has 0 amide bonds. The third-order valence-corrected chi connectivity index (χ3v) is 3.21. The van der Waals surface area contributed by atoms with Gasteiger partial charge in [0.15, 0.2) is 0 Å². The third-order valence-electron chi connectivity index (χ3n) is 3.21. The molecule has 0 saturated heterocycles. The Balaban J connectivity index is 2.18. The van der Waals surface area contributed by atoms with Crippen LogP contribution in [0.15, 0.2) is 12.2 Å². The van der Waals surface area contributed by atoms with Gasteiger partial charge in [-0.2, -0.15) is 0 Å². The second-order valence-corrected chi connectivity index (χ2v) is 5.26. The quantitative estimate of drug-likeness (QED) is 0.552. The number of nitrogens with zero attached hydrogens (tertiary/aromatic N) is 1. The van der Waals surface area contributed by atoms with Crippen LogP contribution in [0.25, 0.3) is 0 Å². The standard InChI is InChI=1S/C13H26N2O/c1-11-6-8-12(9-7-11)14-13(16)5-4-10-15(2)3/h4-5,11-14,16H,6-10H2,1-3H3/b5-4+. The number of nitrogens with one attached hydrogen (secondary N) is 1. The minimum atomic E-state index is -0.488. The van der Waals surface area contributed by atoms with Gasteiger partial charge >= 0.3 is 0 Å². The molecule has 1 rings (SSSR count). The van der Waals surface area contributed by atoms with E-state index >= 15 is 0 Å². The highest BCUT2D eigenvalue weighted by Crippen LogP contribution is 2.23. The lowest BCUT2D eigenvalue weighted by Gasteiger charge is -2.28. The van der Waals surface area contributed by atoms with Crippen molar-refractivity contribution >= 4 is 0 Å². The van der Waals surface area contributed by atoms with E-state index in [2.05, 4.69) is 17.1 Å². The third kappa shape index (κ3) is 5.64. The van der Waals surface area contributed by atoms with E-state index in [0.717, 1.165) is 12.5 Å². The number of hydrogen-bond acceptors (Lipinski definition) is 3. The van der Waals surface area contributed by atoms with E-state index in [1.54, 1.807) is 0 Å². The van der Waals surface area contributed by atoms with Crippen molar-refractivity contribution in [3.63, 3.8) is 0 Å². The Morgan fingerprint density at radius 3 is 2.50 bits per heavy atom. The topological polar surface area (TPSA) is 35.5 Å². The molecule has 94 valence electrons. The molecular weight excluding hydrogens is 200 g/mol. The van der Waals surface area contributed by atoms with Crippen molar-refractivity contribution in [2.45, 2.75) is 44.9 Å². The average Bonchev–Trinajstić information content (AvgIpc) is 2.21. The Labute approximate surface area is 99.5 Å². The van der Waals surface area contributed by atoms with Gasteiger partial charge in [-0.25, -0.2) is 0 Å². The van der Waals surface area contributed by atoms with Crippen molar-refractivity contribution in [3.8, 4) is 0 Å². The van der Waals surface area contributed by atoms with Gasteiger partial charge in [-0.15, -0.1) is 0 Å². The zero-order chi connectivity index (χ0) is 12.0. The van der Waals surface area contributed by atoms with Gasteiger partial charge < -0.3 is 10.0 Å². The summed E-state index contributed by atoms with van der Waals surface area (Å²) in [5, 5.41) is 13.0. The van der Waals surface area contributed by atoms with E-state index < -0.39 is 6.23 Å². The van der Waals surface area contributed by atoms with Crippen LogP contribution in [0.5, 0.6) is 0 Å². The minimum Gasteiger partial charge on any atom is -0.375 e. The van der Waals surface area contributed by atoms with Gasteiger partial charge in [0.25, 0.3) is 0 Å². The smallest absolute Gasteiger partial charge is 0.124 e. The molecule has 1 unspecified atom stereocenters. The highest BCUT2D eigenvalue weighted by Gasteiger charge is 2.18. The van der Waals surface area contributed by atoms with Crippen LogP contribution in [0, 0.1) is 5.92 Å². The predicted octanol–water partition coefficient (Wildman–Crippen LogP) is 1.59. The van der Waals surface area contributed by atoms with Crippen LogP contribution in [0.2, 0.25) is 0 Å². The van der Waals surface area contributed by atoms with Crippen LogP contribution in [-0.2, 0) is 0 Å². The van der Waals surface area contributed by atoms with Gasteiger partial charge in [0.1, 0.15) is 6.23 Å². The molecule has 1 saturated carbocycles. The maximum absolute atomic E-state index is 9.76. The molecule has 0 radical (unpaired) electrons. The molecule has 0 heterocycles. The first-order valence-electron chi connectivity index (χ1n) is 6.33. The van der Waals surface area contributed by atoms with Crippen molar-refractivity contribution in [2.24, 2.45) is 5.92 Å². The molecule has 2 N–H and O–H groups in total. The summed E-state index contributed by atoms with van der Waals surface area (Å²) in [6, 6.07) is 0.496. The fraction of sp³-hybridized carbons (Fsp3) is 0.846. The lowest BCUT2D eigenvalue weighted by Crippen LogP contribution is -2.39. The molecule has 0 spiro atoms. The summed E-state index contributed by atoms with van der Waals surface area (Å²) in [5.74, 6) is 0.861. The van der Waals surface area contributed by atoms with Crippen LogP contribution in [-0.4, -0.2) is 42.9 Å². The van der Waals surface area contributed by atoms with Gasteiger partial charge in [-0.05, 0) is 51.8 Å². The summed E-state index contributed by atoms with van der Waals surface area (Å²) >= 11 is 0. The zero-order valence-electron chi connectivity index (χ0n) is 10.8. The van der Waals surface area contributed by atoms with Crippen molar-refractivity contribution < 1.29 is 5.11 Å². The van der Waals surface area contributed by atoms with E-state index in [-0.39, 0.29) is 0 Å². The molecule has 1 atom stereocenters. The molecule has 0 aromatic carbocycles. The Hall–Kier alpha value is -0.380. The van der Waals surface area contributed by atoms with Crippen molar-refractivity contribution in [1.82, 2.24) is 10.2 Å². The van der Waals surface area contributed by atoms with E-state index in [0.29, 0.717) is 6.04 Å². The highest BCUT2D eigenvalue weighted by molar-refractivity contribution is 4.90. The molecular formula is C13H26N2O. The highest BCUT2D eigenvalue weighted by atomic mass is 16.3. The maximum atomic E-state index is 9.76. The van der Waals surface area contributed by atoms with Crippen LogP contribution in [0.1, 0.15) is 32.6 Å². The molecule has 16 heavy (non-hydrogen) atoms. The van der Waals surface area contributed by atoms with Crippen molar-refractivity contribution in [3.05, 3.63) is 12.2 Å². The lowest BCUT2D eigenvalue weighted by atomic mass is 9.87. The van der Waals surface area contributed by atoms with Crippen LogP contribution in [0.3, 0.4) is 0 Å². The van der Waals surface area contributed by atoms with E-state index in [4.69, 9.17) is 0 Å². The summed E-state index contributed by atoms with van der Waals surface area (Å²) in [6.07, 6.45) is 8.32. The molecule has 1 aliphatic carbocycles. The summed E-state index contributed by atoms with van der Waals surface area (Å²) in [7, 11) is 4.04. The van der Waals surface area contributed by atoms with Crippen LogP contribution in [0.4, 0.5) is 0 Å². The fourth-order valence-corrected chi connectivity index (χ4v) is 2.12. The number of aliphatic hydroxyl groups excluding tert-OH is 1. The summed E-state index contributed by atoms with van der Waals surface area (Å²) in [6.45, 7) is 3.18. The largest absolute Gasteiger partial charge is 0.375 e. The molecule has 0 aromatic heterocycles. The van der Waals surface area contributed by atoms with Gasteiger partial charge in [0.2, 0.25) is 0 Å². The fourth-order valence-electron chi connectivity index (χ4n) is 2.12. The first-order valence-corrected chi connectivity index (χ1v) is 6.33. The summed E-state index contributed by atoms with van der Waals surface area (Å²) in [4.78, 5) is 2.07. The van der Waals surface area contributed by atoms with E-state index in [9.17, 15) is 5.11 Å². The molecule has 3 heteroatoms. The van der Waals surface area contributed by atoms with E-state index in [1.165, 1.54) is 25.7 Å². The summed E-state index contributed by atoms with van der Waals surface area (Å²) in [5.41, 5.74) is 0. The Kier molecular flexibility index (Phi) is 6.03. The minimum absolute atomic E-state index is 0.488.